The minimum atomic E-state index is 0.0876. The smallest absolute Gasteiger partial charge is 0.136 e. The van der Waals surface area contributed by atoms with Crippen LogP contribution in [0.15, 0.2) is 24.8 Å². The molecular weight excluding hydrogens is 174 g/mol. The number of nitriles is 1. The molecule has 0 saturated carbocycles. The number of aromatic hydroxyl groups is 1. The molecule has 0 amide bonds. The first kappa shape index (κ1) is 10.3. The van der Waals surface area contributed by atoms with Crippen LogP contribution in [0.1, 0.15) is 23.6 Å². The molecular formula is C12H13NO. The number of allylic oxidation sites excluding steroid dienone is 1. The first-order valence-electron chi connectivity index (χ1n) is 4.58. The van der Waals surface area contributed by atoms with Crippen molar-refractivity contribution in [3.63, 3.8) is 0 Å². The minimum Gasteiger partial charge on any atom is -0.506 e. The van der Waals surface area contributed by atoms with Gasteiger partial charge in [0, 0.05) is 0 Å². The van der Waals surface area contributed by atoms with Gasteiger partial charge in [0.05, 0.1) is 5.56 Å². The van der Waals surface area contributed by atoms with E-state index in [4.69, 9.17) is 5.26 Å². The molecule has 0 heterocycles. The van der Waals surface area contributed by atoms with Gasteiger partial charge in [-0.15, -0.1) is 6.58 Å². The lowest BCUT2D eigenvalue weighted by Gasteiger charge is -2.06. The maximum atomic E-state index is 9.67. The van der Waals surface area contributed by atoms with E-state index in [2.05, 4.69) is 6.58 Å². The summed E-state index contributed by atoms with van der Waals surface area (Å²) in [6.07, 6.45) is 3.17. The summed E-state index contributed by atoms with van der Waals surface area (Å²) in [5, 5.41) is 18.5. The Kier molecular flexibility index (Phi) is 3.30. The number of benzene rings is 1. The Morgan fingerprint density at radius 1 is 1.57 bits per heavy atom. The summed E-state index contributed by atoms with van der Waals surface area (Å²) in [5.74, 6) is 0.0876. The lowest BCUT2D eigenvalue weighted by molar-refractivity contribution is 0.467. The number of aryl methyl sites for hydroxylation is 1. The molecule has 0 fully saturated rings. The predicted molar refractivity (Wildman–Crippen MR) is 56.1 cm³/mol. The Morgan fingerprint density at radius 2 is 2.29 bits per heavy atom. The normalized spacial score (nSPS) is 9.43. The van der Waals surface area contributed by atoms with Crippen molar-refractivity contribution in [2.75, 3.05) is 0 Å². The Hall–Kier alpha value is -1.75. The quantitative estimate of drug-likeness (QED) is 0.739. The summed E-state index contributed by atoms with van der Waals surface area (Å²) in [5.41, 5.74) is 2.19. The highest BCUT2D eigenvalue weighted by molar-refractivity contribution is 5.50. The minimum absolute atomic E-state index is 0.0876. The van der Waals surface area contributed by atoms with Crippen molar-refractivity contribution in [3.8, 4) is 11.8 Å². The van der Waals surface area contributed by atoms with Gasteiger partial charge < -0.3 is 5.11 Å². The first-order chi connectivity index (χ1) is 6.72. The molecule has 0 unspecified atom stereocenters. The Bertz CT molecular complexity index is 388. The van der Waals surface area contributed by atoms with E-state index in [0.717, 1.165) is 17.5 Å². The van der Waals surface area contributed by atoms with E-state index in [1.165, 1.54) is 0 Å². The van der Waals surface area contributed by atoms with E-state index >= 15 is 0 Å². The lowest BCUT2D eigenvalue weighted by Crippen LogP contribution is -1.91. The van der Waals surface area contributed by atoms with Crippen LogP contribution in [0.3, 0.4) is 0 Å². The van der Waals surface area contributed by atoms with E-state index < -0.39 is 0 Å². The molecule has 0 aliphatic rings. The summed E-state index contributed by atoms with van der Waals surface area (Å²) in [6, 6.07) is 5.62. The van der Waals surface area contributed by atoms with Gasteiger partial charge in [0.1, 0.15) is 11.8 Å². The van der Waals surface area contributed by atoms with Gasteiger partial charge in [-0.2, -0.15) is 5.26 Å². The fourth-order valence-corrected chi connectivity index (χ4v) is 1.36. The second-order valence-electron chi connectivity index (χ2n) is 3.11. The van der Waals surface area contributed by atoms with Crippen LogP contribution in [0.4, 0.5) is 0 Å². The molecule has 0 aliphatic heterocycles. The Labute approximate surface area is 84.1 Å². The molecule has 0 aromatic heterocycles. The molecule has 1 N–H and O–H groups in total. The Balaban J connectivity index is 3.28. The summed E-state index contributed by atoms with van der Waals surface area (Å²) in [7, 11) is 0. The second kappa shape index (κ2) is 4.48. The summed E-state index contributed by atoms with van der Waals surface area (Å²) in [4.78, 5) is 0. The molecule has 0 aliphatic carbocycles. The highest BCUT2D eigenvalue weighted by atomic mass is 16.3. The molecule has 0 atom stereocenters. The van der Waals surface area contributed by atoms with E-state index in [1.54, 1.807) is 12.1 Å². The molecule has 1 rings (SSSR count). The highest BCUT2D eigenvalue weighted by Crippen LogP contribution is 2.24. The zero-order valence-electron chi connectivity index (χ0n) is 8.25. The molecule has 14 heavy (non-hydrogen) atoms. The molecule has 0 radical (unpaired) electrons. The van der Waals surface area contributed by atoms with Crippen LogP contribution in [0, 0.1) is 11.3 Å². The SMILES string of the molecule is C=CCc1cc(CC)cc(C#N)c1O. The van der Waals surface area contributed by atoms with Crippen molar-refractivity contribution in [3.05, 3.63) is 41.5 Å². The van der Waals surface area contributed by atoms with Crippen molar-refractivity contribution in [2.24, 2.45) is 0 Å². The third kappa shape index (κ3) is 1.94. The summed E-state index contributed by atoms with van der Waals surface area (Å²) in [6.45, 7) is 5.63. The van der Waals surface area contributed by atoms with Gasteiger partial charge in [-0.25, -0.2) is 0 Å². The number of phenols is 1. The van der Waals surface area contributed by atoms with Gasteiger partial charge in [-0.05, 0) is 30.0 Å². The highest BCUT2D eigenvalue weighted by Gasteiger charge is 2.07. The number of rotatable bonds is 3. The summed E-state index contributed by atoms with van der Waals surface area (Å²) < 4.78 is 0. The van der Waals surface area contributed by atoms with Crippen molar-refractivity contribution >= 4 is 0 Å². The van der Waals surface area contributed by atoms with Crippen LogP contribution in [0.5, 0.6) is 5.75 Å². The van der Waals surface area contributed by atoms with Crippen LogP contribution in [-0.4, -0.2) is 5.11 Å². The number of hydrogen-bond acceptors (Lipinski definition) is 2. The second-order valence-corrected chi connectivity index (χ2v) is 3.11. The number of nitrogens with zero attached hydrogens (tertiary/aromatic N) is 1. The van der Waals surface area contributed by atoms with Gasteiger partial charge >= 0.3 is 0 Å². The van der Waals surface area contributed by atoms with E-state index in [1.807, 2.05) is 19.1 Å². The van der Waals surface area contributed by atoms with Crippen LogP contribution >= 0.6 is 0 Å². The molecule has 2 heteroatoms. The molecule has 2 nitrogen and oxygen atoms in total. The number of phenolic OH excluding ortho intramolecular Hbond substituents is 1. The fraction of sp³-hybridized carbons (Fsp3) is 0.250. The van der Waals surface area contributed by atoms with Crippen LogP contribution in [0.2, 0.25) is 0 Å². The lowest BCUT2D eigenvalue weighted by atomic mass is 10.0. The average Bonchev–Trinajstić information content (AvgIpc) is 2.21. The maximum absolute atomic E-state index is 9.67. The van der Waals surface area contributed by atoms with Gasteiger partial charge in [0.25, 0.3) is 0 Å². The Morgan fingerprint density at radius 3 is 2.79 bits per heavy atom. The van der Waals surface area contributed by atoms with Crippen molar-refractivity contribution in [1.29, 1.82) is 5.26 Å². The van der Waals surface area contributed by atoms with Gasteiger partial charge in [-0.1, -0.05) is 19.1 Å². The molecule has 72 valence electrons. The maximum Gasteiger partial charge on any atom is 0.136 e. The van der Waals surface area contributed by atoms with Gasteiger partial charge in [-0.3, -0.25) is 0 Å². The van der Waals surface area contributed by atoms with Gasteiger partial charge in [0.15, 0.2) is 0 Å². The molecule has 0 spiro atoms. The summed E-state index contributed by atoms with van der Waals surface area (Å²) >= 11 is 0. The topological polar surface area (TPSA) is 44.0 Å². The molecule has 0 bridgehead atoms. The third-order valence-electron chi connectivity index (χ3n) is 2.14. The van der Waals surface area contributed by atoms with Crippen LogP contribution < -0.4 is 0 Å². The largest absolute Gasteiger partial charge is 0.506 e. The van der Waals surface area contributed by atoms with Crippen LogP contribution in [0.25, 0.3) is 0 Å². The van der Waals surface area contributed by atoms with Gasteiger partial charge in [0.2, 0.25) is 0 Å². The van der Waals surface area contributed by atoms with E-state index in [-0.39, 0.29) is 5.75 Å². The van der Waals surface area contributed by atoms with Crippen molar-refractivity contribution in [2.45, 2.75) is 19.8 Å². The third-order valence-corrected chi connectivity index (χ3v) is 2.14. The average molecular weight is 187 g/mol. The molecule has 1 aromatic carbocycles. The van der Waals surface area contributed by atoms with E-state index in [9.17, 15) is 5.11 Å². The standard InChI is InChI=1S/C12H13NO/c1-3-5-10-6-9(4-2)7-11(8-13)12(10)14/h3,6-7,14H,1,4-5H2,2H3. The predicted octanol–water partition coefficient (Wildman–Crippen LogP) is 2.55. The fourth-order valence-electron chi connectivity index (χ4n) is 1.36. The first-order valence-corrected chi connectivity index (χ1v) is 4.58. The zero-order chi connectivity index (χ0) is 10.6. The van der Waals surface area contributed by atoms with Crippen LogP contribution in [-0.2, 0) is 12.8 Å². The number of hydrogen-bond donors (Lipinski definition) is 1. The molecule has 1 aromatic rings. The zero-order valence-corrected chi connectivity index (χ0v) is 8.25. The van der Waals surface area contributed by atoms with Crippen molar-refractivity contribution < 1.29 is 5.11 Å². The van der Waals surface area contributed by atoms with Crippen molar-refractivity contribution in [1.82, 2.24) is 0 Å². The molecule has 0 saturated heterocycles. The monoisotopic (exact) mass is 187 g/mol. The van der Waals surface area contributed by atoms with E-state index in [0.29, 0.717) is 12.0 Å².